The summed E-state index contributed by atoms with van der Waals surface area (Å²) >= 11 is 0. The molecule has 1 aliphatic rings. The van der Waals surface area contributed by atoms with E-state index in [9.17, 15) is 0 Å². The zero-order valence-corrected chi connectivity index (χ0v) is 12.3. The molecule has 0 N–H and O–H groups in total. The van der Waals surface area contributed by atoms with E-state index in [1.807, 2.05) is 0 Å². The minimum Gasteiger partial charge on any atom is -0.343 e. The molecule has 0 saturated carbocycles. The molecule has 1 aromatic heterocycles. The van der Waals surface area contributed by atoms with Gasteiger partial charge in [0.25, 0.3) is 0 Å². The molecule has 1 atom stereocenters. The highest BCUT2D eigenvalue weighted by Gasteiger charge is 2.25. The Labute approximate surface area is 120 Å². The van der Waals surface area contributed by atoms with Gasteiger partial charge < -0.3 is 9.47 Å². The second kappa shape index (κ2) is 5.30. The average molecular weight is 267 g/mol. The van der Waals surface area contributed by atoms with Gasteiger partial charge in [0.2, 0.25) is 0 Å². The zero-order valence-electron chi connectivity index (χ0n) is 12.3. The van der Waals surface area contributed by atoms with Gasteiger partial charge in [-0.3, -0.25) is 0 Å². The van der Waals surface area contributed by atoms with Crippen LogP contribution in [-0.4, -0.2) is 29.6 Å². The Hall–Kier alpha value is -1.79. The van der Waals surface area contributed by atoms with Crippen molar-refractivity contribution in [3.8, 4) is 6.07 Å². The maximum atomic E-state index is 8.89. The largest absolute Gasteiger partial charge is 0.343 e. The van der Waals surface area contributed by atoms with E-state index in [0.29, 0.717) is 12.5 Å². The second-order valence-electron chi connectivity index (χ2n) is 5.86. The fraction of sp³-hybridized carbons (Fsp3) is 0.471. The Morgan fingerprint density at radius 1 is 1.35 bits per heavy atom. The molecule has 0 spiro atoms. The van der Waals surface area contributed by atoms with Crippen molar-refractivity contribution in [1.82, 2.24) is 9.47 Å². The average Bonchev–Trinajstić information content (AvgIpc) is 2.78. The van der Waals surface area contributed by atoms with Gasteiger partial charge in [-0.05, 0) is 45.0 Å². The molecule has 104 valence electrons. The molecule has 0 fully saturated rings. The van der Waals surface area contributed by atoms with Crippen molar-refractivity contribution in [2.24, 2.45) is 0 Å². The summed E-state index contributed by atoms with van der Waals surface area (Å²) in [5, 5.41) is 10.3. The van der Waals surface area contributed by atoms with Crippen LogP contribution in [0.1, 0.15) is 24.1 Å². The molecule has 0 saturated heterocycles. The van der Waals surface area contributed by atoms with Crippen LogP contribution in [0.4, 0.5) is 0 Å². The zero-order chi connectivity index (χ0) is 14.1. The number of benzene rings is 1. The number of para-hydroxylation sites is 1. The van der Waals surface area contributed by atoms with Gasteiger partial charge >= 0.3 is 0 Å². The number of aromatic nitrogens is 1. The van der Waals surface area contributed by atoms with E-state index >= 15 is 0 Å². The standard InChI is InChI=1S/C17H21N3/c1-19(2)13-8-9-17-15(12-13)14-6-3-4-7-16(14)20(17)11-5-10-18/h3-4,6-7,13H,5,8-9,11-12H2,1-2H3. The topological polar surface area (TPSA) is 32.0 Å². The fourth-order valence-corrected chi connectivity index (χ4v) is 3.44. The normalized spacial score (nSPS) is 18.2. The summed E-state index contributed by atoms with van der Waals surface area (Å²) in [5.74, 6) is 0. The first kappa shape index (κ1) is 13.2. The van der Waals surface area contributed by atoms with Crippen LogP contribution in [-0.2, 0) is 19.4 Å². The molecule has 3 heteroatoms. The summed E-state index contributed by atoms with van der Waals surface area (Å²) in [6, 6.07) is 11.6. The molecule has 0 amide bonds. The van der Waals surface area contributed by atoms with Gasteiger partial charge in [0, 0.05) is 29.2 Å². The third-order valence-corrected chi connectivity index (χ3v) is 4.53. The highest BCUT2D eigenvalue weighted by Crippen LogP contribution is 2.33. The summed E-state index contributed by atoms with van der Waals surface area (Å²) in [7, 11) is 4.34. The van der Waals surface area contributed by atoms with Gasteiger partial charge in [0.15, 0.2) is 0 Å². The summed E-state index contributed by atoms with van der Waals surface area (Å²) in [6.45, 7) is 0.818. The molecule has 20 heavy (non-hydrogen) atoms. The number of likely N-dealkylation sites (N-methyl/N-ethyl adjacent to an activating group) is 1. The lowest BCUT2D eigenvalue weighted by Gasteiger charge is -2.29. The van der Waals surface area contributed by atoms with Crippen LogP contribution in [0, 0.1) is 11.3 Å². The number of aryl methyl sites for hydroxylation is 1. The smallest absolute Gasteiger partial charge is 0.0640 e. The van der Waals surface area contributed by atoms with Crippen LogP contribution in [0.25, 0.3) is 10.9 Å². The maximum absolute atomic E-state index is 8.89. The SMILES string of the molecule is CN(C)C1CCc2c(c3ccccc3n2CCC#N)C1. The number of nitriles is 1. The number of hydrogen-bond donors (Lipinski definition) is 0. The Bertz CT molecular complexity index is 661. The molecule has 1 aliphatic carbocycles. The Morgan fingerprint density at radius 2 is 2.15 bits per heavy atom. The Balaban J connectivity index is 2.10. The first-order valence-corrected chi connectivity index (χ1v) is 7.34. The van der Waals surface area contributed by atoms with Gasteiger partial charge in [-0.1, -0.05) is 18.2 Å². The van der Waals surface area contributed by atoms with Crippen molar-refractivity contribution >= 4 is 10.9 Å². The van der Waals surface area contributed by atoms with Gasteiger partial charge in [0.05, 0.1) is 12.5 Å². The maximum Gasteiger partial charge on any atom is 0.0640 e. The quantitative estimate of drug-likeness (QED) is 0.856. The summed E-state index contributed by atoms with van der Waals surface area (Å²) in [4.78, 5) is 2.34. The van der Waals surface area contributed by atoms with Gasteiger partial charge in [-0.15, -0.1) is 0 Å². The predicted octanol–water partition coefficient (Wildman–Crippen LogP) is 2.97. The molecular formula is C17H21N3. The minimum atomic E-state index is 0.586. The fourth-order valence-electron chi connectivity index (χ4n) is 3.44. The highest BCUT2D eigenvalue weighted by atomic mass is 15.1. The van der Waals surface area contributed by atoms with Crippen LogP contribution < -0.4 is 0 Å². The van der Waals surface area contributed by atoms with Crippen LogP contribution in [0.5, 0.6) is 0 Å². The molecule has 0 bridgehead atoms. The monoisotopic (exact) mass is 267 g/mol. The number of hydrogen-bond acceptors (Lipinski definition) is 2. The van der Waals surface area contributed by atoms with Crippen LogP contribution >= 0.6 is 0 Å². The number of fused-ring (bicyclic) bond motifs is 3. The lowest BCUT2D eigenvalue weighted by atomic mass is 9.91. The third kappa shape index (κ3) is 2.10. The van der Waals surface area contributed by atoms with Gasteiger partial charge in [-0.2, -0.15) is 5.26 Å². The molecule has 1 aromatic carbocycles. The van der Waals surface area contributed by atoms with Crippen molar-refractivity contribution in [1.29, 1.82) is 5.26 Å². The first-order chi connectivity index (χ1) is 9.72. The molecule has 3 rings (SSSR count). The Kier molecular flexibility index (Phi) is 3.50. The molecule has 1 unspecified atom stereocenters. The third-order valence-electron chi connectivity index (χ3n) is 4.53. The summed E-state index contributed by atoms with van der Waals surface area (Å²) in [5.41, 5.74) is 4.26. The molecule has 0 radical (unpaired) electrons. The van der Waals surface area contributed by atoms with Crippen molar-refractivity contribution < 1.29 is 0 Å². The molecule has 0 aliphatic heterocycles. The van der Waals surface area contributed by atoms with E-state index in [-0.39, 0.29) is 0 Å². The van der Waals surface area contributed by atoms with E-state index < -0.39 is 0 Å². The van der Waals surface area contributed by atoms with E-state index in [2.05, 4.69) is 53.9 Å². The van der Waals surface area contributed by atoms with Crippen LogP contribution in [0.2, 0.25) is 0 Å². The Morgan fingerprint density at radius 3 is 2.90 bits per heavy atom. The molecule has 3 nitrogen and oxygen atoms in total. The van der Waals surface area contributed by atoms with E-state index in [4.69, 9.17) is 5.26 Å². The predicted molar refractivity (Wildman–Crippen MR) is 81.7 cm³/mol. The first-order valence-electron chi connectivity index (χ1n) is 7.34. The van der Waals surface area contributed by atoms with Crippen molar-refractivity contribution in [3.63, 3.8) is 0 Å². The minimum absolute atomic E-state index is 0.586. The number of rotatable bonds is 3. The molecular weight excluding hydrogens is 246 g/mol. The van der Waals surface area contributed by atoms with Crippen molar-refractivity contribution in [2.45, 2.75) is 38.3 Å². The lowest BCUT2D eigenvalue weighted by molar-refractivity contribution is 0.266. The lowest BCUT2D eigenvalue weighted by Crippen LogP contribution is -2.33. The van der Waals surface area contributed by atoms with Gasteiger partial charge in [-0.25, -0.2) is 0 Å². The van der Waals surface area contributed by atoms with E-state index in [1.54, 1.807) is 0 Å². The van der Waals surface area contributed by atoms with Crippen molar-refractivity contribution in [3.05, 3.63) is 35.5 Å². The molecule has 2 aromatic rings. The second-order valence-corrected chi connectivity index (χ2v) is 5.86. The van der Waals surface area contributed by atoms with Crippen LogP contribution in [0.3, 0.4) is 0 Å². The van der Waals surface area contributed by atoms with Crippen molar-refractivity contribution in [2.75, 3.05) is 14.1 Å². The van der Waals surface area contributed by atoms with Crippen LogP contribution in [0.15, 0.2) is 24.3 Å². The van der Waals surface area contributed by atoms with Gasteiger partial charge in [0.1, 0.15) is 0 Å². The molecule has 1 heterocycles. The number of nitrogens with zero attached hydrogens (tertiary/aromatic N) is 3. The summed E-state index contributed by atoms with van der Waals surface area (Å²) in [6.07, 6.45) is 4.05. The summed E-state index contributed by atoms with van der Waals surface area (Å²) < 4.78 is 2.37. The highest BCUT2D eigenvalue weighted by molar-refractivity contribution is 5.86. The van der Waals surface area contributed by atoms with E-state index in [1.165, 1.54) is 28.6 Å². The van der Waals surface area contributed by atoms with E-state index in [0.717, 1.165) is 19.4 Å².